The van der Waals surface area contributed by atoms with Gasteiger partial charge in [-0.1, -0.05) is 37.3 Å². The lowest BCUT2D eigenvalue weighted by Gasteiger charge is -2.22. The van der Waals surface area contributed by atoms with Gasteiger partial charge in [0.2, 0.25) is 5.91 Å². The van der Waals surface area contributed by atoms with E-state index in [0.29, 0.717) is 18.9 Å². The van der Waals surface area contributed by atoms with Crippen LogP contribution in [0.1, 0.15) is 20.3 Å². The summed E-state index contributed by atoms with van der Waals surface area (Å²) >= 11 is 1.70. The van der Waals surface area contributed by atoms with E-state index in [1.165, 1.54) is 4.90 Å². The molecule has 2 aromatic rings. The topological polar surface area (TPSA) is 59.8 Å². The van der Waals surface area contributed by atoms with Crippen molar-refractivity contribution in [3.8, 4) is 0 Å². The molecule has 0 saturated heterocycles. The number of rotatable bonds is 8. The van der Waals surface area contributed by atoms with Crippen LogP contribution >= 0.6 is 11.8 Å². The predicted molar refractivity (Wildman–Crippen MR) is 88.6 cm³/mol. The van der Waals surface area contributed by atoms with E-state index in [1.54, 1.807) is 22.6 Å². The molecular formula is C16H22N4OS. The molecule has 0 aliphatic heterocycles. The number of thioether (sulfide) groups is 1. The number of amides is 1. The molecule has 0 saturated carbocycles. The molecule has 1 amide bonds. The van der Waals surface area contributed by atoms with E-state index < -0.39 is 0 Å². The van der Waals surface area contributed by atoms with Crippen LogP contribution in [0, 0.1) is 5.92 Å². The first kappa shape index (κ1) is 16.5. The molecule has 0 aliphatic carbocycles. The molecule has 0 spiro atoms. The zero-order valence-corrected chi connectivity index (χ0v) is 13.8. The van der Waals surface area contributed by atoms with Crippen LogP contribution < -0.4 is 5.32 Å². The van der Waals surface area contributed by atoms with E-state index in [-0.39, 0.29) is 11.9 Å². The number of hydrogen-bond acceptors (Lipinski definition) is 4. The average molecular weight is 318 g/mol. The third-order valence-corrected chi connectivity index (χ3v) is 4.36. The lowest BCUT2D eigenvalue weighted by Crippen LogP contribution is -2.41. The molecule has 0 aliphatic rings. The monoisotopic (exact) mass is 318 g/mol. The molecular weight excluding hydrogens is 296 g/mol. The highest BCUT2D eigenvalue weighted by molar-refractivity contribution is 7.99. The summed E-state index contributed by atoms with van der Waals surface area (Å²) in [7, 11) is 0. The first-order chi connectivity index (χ1) is 10.6. The van der Waals surface area contributed by atoms with Gasteiger partial charge in [0.15, 0.2) is 0 Å². The highest BCUT2D eigenvalue weighted by Crippen LogP contribution is 2.17. The fraction of sp³-hybridized carbons (Fsp3) is 0.438. The van der Waals surface area contributed by atoms with Crippen molar-refractivity contribution >= 4 is 17.7 Å². The molecule has 0 radical (unpaired) electrons. The first-order valence-electron chi connectivity index (χ1n) is 7.46. The van der Waals surface area contributed by atoms with Crippen LogP contribution in [0.15, 0.2) is 47.6 Å². The molecule has 1 atom stereocenters. The Bertz CT molecular complexity index is 557. The zero-order valence-electron chi connectivity index (χ0n) is 13.0. The largest absolute Gasteiger partial charge is 0.351 e. The molecule has 1 aromatic heterocycles. The van der Waals surface area contributed by atoms with Crippen LogP contribution in [0.5, 0.6) is 0 Å². The van der Waals surface area contributed by atoms with Gasteiger partial charge in [0.05, 0.1) is 18.8 Å². The van der Waals surface area contributed by atoms with Gasteiger partial charge in [-0.2, -0.15) is 0 Å². The molecule has 6 heteroatoms. The van der Waals surface area contributed by atoms with Gasteiger partial charge in [0.1, 0.15) is 0 Å². The second-order valence-corrected chi connectivity index (χ2v) is 6.62. The van der Waals surface area contributed by atoms with Gasteiger partial charge >= 0.3 is 0 Å². The van der Waals surface area contributed by atoms with Crippen molar-refractivity contribution in [3.63, 3.8) is 0 Å². The lowest BCUT2D eigenvalue weighted by atomic mass is 10.0. The smallest absolute Gasteiger partial charge is 0.221 e. The number of nitrogens with zero attached hydrogens (tertiary/aromatic N) is 3. The molecule has 5 nitrogen and oxygen atoms in total. The Morgan fingerprint density at radius 3 is 2.73 bits per heavy atom. The van der Waals surface area contributed by atoms with Gasteiger partial charge < -0.3 is 5.32 Å². The van der Waals surface area contributed by atoms with E-state index in [4.69, 9.17) is 0 Å². The number of carbonyl (C=O) groups is 1. The van der Waals surface area contributed by atoms with Gasteiger partial charge in [-0.3, -0.25) is 9.48 Å². The van der Waals surface area contributed by atoms with Gasteiger partial charge in [-0.05, 0) is 18.1 Å². The summed E-state index contributed by atoms with van der Waals surface area (Å²) in [6.07, 6.45) is 3.97. The second kappa shape index (κ2) is 8.58. The van der Waals surface area contributed by atoms with E-state index in [2.05, 4.69) is 41.6 Å². The van der Waals surface area contributed by atoms with Gasteiger partial charge in [0, 0.05) is 23.3 Å². The minimum Gasteiger partial charge on any atom is -0.351 e. The summed E-state index contributed by atoms with van der Waals surface area (Å²) in [6.45, 7) is 4.84. The van der Waals surface area contributed by atoms with Crippen molar-refractivity contribution in [2.45, 2.75) is 37.8 Å². The Morgan fingerprint density at radius 1 is 1.32 bits per heavy atom. The Morgan fingerprint density at radius 2 is 2.09 bits per heavy atom. The zero-order chi connectivity index (χ0) is 15.8. The number of carbonyl (C=O) groups excluding carboxylic acids is 1. The van der Waals surface area contributed by atoms with E-state index in [0.717, 1.165) is 5.75 Å². The van der Waals surface area contributed by atoms with Crippen molar-refractivity contribution in [3.05, 3.63) is 42.7 Å². The highest BCUT2D eigenvalue weighted by Gasteiger charge is 2.17. The van der Waals surface area contributed by atoms with Crippen LogP contribution in [0.25, 0.3) is 0 Å². The predicted octanol–water partition coefficient (Wildman–Crippen LogP) is 2.60. The summed E-state index contributed by atoms with van der Waals surface area (Å²) in [6, 6.07) is 10.2. The molecule has 0 fully saturated rings. The average Bonchev–Trinajstić information content (AvgIpc) is 3.00. The van der Waals surface area contributed by atoms with E-state index in [9.17, 15) is 4.79 Å². The maximum Gasteiger partial charge on any atom is 0.221 e. The Labute approximate surface area is 135 Å². The third-order valence-electron chi connectivity index (χ3n) is 3.35. The van der Waals surface area contributed by atoms with E-state index in [1.807, 2.05) is 24.4 Å². The molecule has 1 aromatic carbocycles. The molecule has 1 unspecified atom stereocenters. The fourth-order valence-corrected chi connectivity index (χ4v) is 2.88. The van der Waals surface area contributed by atoms with Crippen molar-refractivity contribution < 1.29 is 4.79 Å². The summed E-state index contributed by atoms with van der Waals surface area (Å²) in [5.74, 6) is 1.21. The summed E-state index contributed by atoms with van der Waals surface area (Å²) in [5.41, 5.74) is 0. The van der Waals surface area contributed by atoms with Crippen molar-refractivity contribution in [2.75, 3.05) is 5.75 Å². The van der Waals surface area contributed by atoms with Crippen LogP contribution in [0.2, 0.25) is 0 Å². The number of nitrogens with one attached hydrogen (secondary N) is 1. The molecule has 1 heterocycles. The lowest BCUT2D eigenvalue weighted by molar-refractivity contribution is -0.121. The Balaban J connectivity index is 1.76. The number of hydrogen-bond donors (Lipinski definition) is 1. The Kier molecular flexibility index (Phi) is 6.45. The third kappa shape index (κ3) is 5.52. The molecule has 0 bridgehead atoms. The van der Waals surface area contributed by atoms with Crippen LogP contribution in [-0.2, 0) is 11.3 Å². The van der Waals surface area contributed by atoms with E-state index >= 15 is 0 Å². The van der Waals surface area contributed by atoms with Gasteiger partial charge in [-0.25, -0.2) is 0 Å². The maximum atomic E-state index is 12.1. The minimum absolute atomic E-state index is 0.0657. The summed E-state index contributed by atoms with van der Waals surface area (Å²) in [4.78, 5) is 13.3. The summed E-state index contributed by atoms with van der Waals surface area (Å²) < 4.78 is 1.75. The molecule has 2 rings (SSSR count). The quantitative estimate of drug-likeness (QED) is 0.760. The number of benzene rings is 1. The second-order valence-electron chi connectivity index (χ2n) is 5.45. The van der Waals surface area contributed by atoms with Crippen LogP contribution in [-0.4, -0.2) is 32.7 Å². The minimum atomic E-state index is 0.0657. The van der Waals surface area contributed by atoms with Crippen molar-refractivity contribution in [1.82, 2.24) is 20.3 Å². The fourth-order valence-electron chi connectivity index (χ4n) is 2.01. The molecule has 118 valence electrons. The van der Waals surface area contributed by atoms with Crippen molar-refractivity contribution in [2.24, 2.45) is 5.92 Å². The normalized spacial score (nSPS) is 12.3. The standard InChI is InChI=1S/C16H22N4OS/c1-13(2)15(12-20-10-9-17-19-20)18-16(21)8-11-22-14-6-4-3-5-7-14/h3-7,9-10,13,15H,8,11-12H2,1-2H3,(H,18,21). The van der Waals surface area contributed by atoms with Gasteiger partial charge in [0.25, 0.3) is 0 Å². The highest BCUT2D eigenvalue weighted by atomic mass is 32.2. The summed E-state index contributed by atoms with van der Waals surface area (Å²) in [5, 5.41) is 10.9. The first-order valence-corrected chi connectivity index (χ1v) is 8.45. The molecule has 1 N–H and O–H groups in total. The van der Waals surface area contributed by atoms with Crippen LogP contribution in [0.4, 0.5) is 0 Å². The Hall–Kier alpha value is -1.82. The molecule has 22 heavy (non-hydrogen) atoms. The number of aromatic nitrogens is 3. The van der Waals surface area contributed by atoms with Crippen LogP contribution in [0.3, 0.4) is 0 Å². The van der Waals surface area contributed by atoms with Gasteiger partial charge in [-0.15, -0.1) is 16.9 Å². The maximum absolute atomic E-state index is 12.1. The SMILES string of the molecule is CC(C)C(Cn1ccnn1)NC(=O)CCSc1ccccc1. The van der Waals surface area contributed by atoms with Crippen molar-refractivity contribution in [1.29, 1.82) is 0 Å².